The second kappa shape index (κ2) is 3.30. The molecule has 4 nitrogen and oxygen atoms in total. The lowest BCUT2D eigenvalue weighted by Crippen LogP contribution is -2.17. The maximum absolute atomic E-state index is 10.5. The van der Waals surface area contributed by atoms with Crippen molar-refractivity contribution in [3.8, 4) is 0 Å². The van der Waals surface area contributed by atoms with Crippen molar-refractivity contribution in [2.24, 2.45) is 5.73 Å². The Bertz CT molecular complexity index is 251. The zero-order chi connectivity index (χ0) is 8.27. The van der Waals surface area contributed by atoms with Crippen LogP contribution in [0.25, 0.3) is 0 Å². The van der Waals surface area contributed by atoms with Gasteiger partial charge in [-0.3, -0.25) is 4.79 Å². The van der Waals surface area contributed by atoms with E-state index in [-0.39, 0.29) is 0 Å². The number of carbonyl (C=O) groups excluding carboxylic acids is 1. The molecule has 0 aliphatic heterocycles. The third kappa shape index (κ3) is 1.88. The molecule has 1 atom stereocenters. The summed E-state index contributed by atoms with van der Waals surface area (Å²) in [5.74, 6) is -0.584. The number of rotatable bonds is 2. The first-order valence-electron chi connectivity index (χ1n) is 2.92. The Kier molecular flexibility index (Phi) is 2.38. The molecular formula is C6H6ClN3O. The first-order chi connectivity index (χ1) is 5.22. The first kappa shape index (κ1) is 7.94. The molecule has 0 saturated heterocycles. The molecule has 11 heavy (non-hydrogen) atoms. The molecular weight excluding hydrogens is 166 g/mol. The van der Waals surface area contributed by atoms with E-state index < -0.39 is 11.3 Å². The summed E-state index contributed by atoms with van der Waals surface area (Å²) in [6.45, 7) is 0. The van der Waals surface area contributed by atoms with Gasteiger partial charge >= 0.3 is 0 Å². The number of primary amides is 1. The van der Waals surface area contributed by atoms with Crippen molar-refractivity contribution in [2.75, 3.05) is 0 Å². The van der Waals surface area contributed by atoms with Crippen LogP contribution < -0.4 is 5.73 Å². The van der Waals surface area contributed by atoms with Crippen molar-refractivity contribution < 1.29 is 4.79 Å². The Hall–Kier alpha value is -1.16. The number of aromatic nitrogens is 2. The molecule has 0 spiro atoms. The fourth-order valence-electron chi connectivity index (χ4n) is 0.615. The van der Waals surface area contributed by atoms with E-state index in [0.717, 1.165) is 0 Å². The normalized spacial score (nSPS) is 12.5. The molecule has 1 heterocycles. The van der Waals surface area contributed by atoms with Crippen molar-refractivity contribution in [2.45, 2.75) is 5.38 Å². The third-order valence-corrected chi connectivity index (χ3v) is 1.62. The SMILES string of the molecule is NC(=O)C(Cl)c1ccnnc1. The molecule has 5 heteroatoms. The Morgan fingerprint density at radius 2 is 2.36 bits per heavy atom. The highest BCUT2D eigenvalue weighted by Gasteiger charge is 2.13. The fourth-order valence-corrected chi connectivity index (χ4v) is 0.744. The molecule has 0 saturated carbocycles. The molecule has 1 rings (SSSR count). The van der Waals surface area contributed by atoms with E-state index in [1.165, 1.54) is 12.4 Å². The molecule has 1 aromatic heterocycles. The molecule has 58 valence electrons. The minimum atomic E-state index is -0.814. The van der Waals surface area contributed by atoms with Crippen molar-refractivity contribution >= 4 is 17.5 Å². The average molecular weight is 172 g/mol. The van der Waals surface area contributed by atoms with Gasteiger partial charge in [-0.25, -0.2) is 0 Å². The van der Waals surface area contributed by atoms with Gasteiger partial charge in [-0.1, -0.05) is 0 Å². The summed E-state index contributed by atoms with van der Waals surface area (Å²) < 4.78 is 0. The van der Waals surface area contributed by atoms with Gasteiger partial charge in [-0.15, -0.1) is 11.6 Å². The Morgan fingerprint density at radius 1 is 1.64 bits per heavy atom. The highest BCUT2D eigenvalue weighted by molar-refractivity contribution is 6.30. The lowest BCUT2D eigenvalue weighted by Gasteiger charge is -2.01. The van der Waals surface area contributed by atoms with Crippen LogP contribution in [0.1, 0.15) is 10.9 Å². The summed E-state index contributed by atoms with van der Waals surface area (Å²) in [6, 6.07) is 1.59. The van der Waals surface area contributed by atoms with Gasteiger partial charge < -0.3 is 5.73 Å². The van der Waals surface area contributed by atoms with Crippen LogP contribution in [0.3, 0.4) is 0 Å². The predicted octanol–water partition coefficient (Wildman–Crippen LogP) is 0.242. The molecule has 0 bridgehead atoms. The van der Waals surface area contributed by atoms with E-state index in [4.69, 9.17) is 17.3 Å². The van der Waals surface area contributed by atoms with Crippen LogP contribution in [0.5, 0.6) is 0 Å². The highest BCUT2D eigenvalue weighted by atomic mass is 35.5. The van der Waals surface area contributed by atoms with Crippen LogP contribution in [0.4, 0.5) is 0 Å². The van der Waals surface area contributed by atoms with Crippen molar-refractivity contribution in [1.29, 1.82) is 0 Å². The lowest BCUT2D eigenvalue weighted by molar-refractivity contribution is -0.117. The standard InChI is InChI=1S/C6H6ClN3O/c7-5(6(8)11)4-1-2-9-10-3-4/h1-3,5H,(H2,8,11). The second-order valence-electron chi connectivity index (χ2n) is 1.94. The maximum Gasteiger partial charge on any atom is 0.240 e. The zero-order valence-electron chi connectivity index (χ0n) is 5.57. The number of amides is 1. The van der Waals surface area contributed by atoms with Gasteiger partial charge in [0.05, 0.1) is 6.20 Å². The van der Waals surface area contributed by atoms with Crippen LogP contribution in [-0.2, 0) is 4.79 Å². The van der Waals surface area contributed by atoms with Gasteiger partial charge in [0.15, 0.2) is 0 Å². The summed E-state index contributed by atoms with van der Waals surface area (Å²) >= 11 is 5.60. The molecule has 0 radical (unpaired) electrons. The van der Waals surface area contributed by atoms with Gasteiger partial charge in [-0.05, 0) is 6.07 Å². The summed E-state index contributed by atoms with van der Waals surface area (Å²) in [5.41, 5.74) is 5.51. The number of hydrogen-bond acceptors (Lipinski definition) is 3. The van der Waals surface area contributed by atoms with Crippen molar-refractivity contribution in [3.05, 3.63) is 24.0 Å². The van der Waals surface area contributed by atoms with E-state index in [2.05, 4.69) is 10.2 Å². The molecule has 0 aromatic carbocycles. The van der Waals surface area contributed by atoms with Gasteiger partial charge in [0.25, 0.3) is 0 Å². The monoisotopic (exact) mass is 171 g/mol. The molecule has 0 fully saturated rings. The number of nitrogens with two attached hydrogens (primary N) is 1. The van der Waals surface area contributed by atoms with Crippen LogP contribution in [-0.4, -0.2) is 16.1 Å². The van der Waals surface area contributed by atoms with E-state index in [9.17, 15) is 4.79 Å². The van der Waals surface area contributed by atoms with Crippen LogP contribution in [0.2, 0.25) is 0 Å². The number of nitrogens with zero attached hydrogens (tertiary/aromatic N) is 2. The number of alkyl halides is 1. The van der Waals surface area contributed by atoms with E-state index >= 15 is 0 Å². The van der Waals surface area contributed by atoms with Gasteiger partial charge in [0, 0.05) is 11.8 Å². The van der Waals surface area contributed by atoms with Crippen molar-refractivity contribution in [3.63, 3.8) is 0 Å². The van der Waals surface area contributed by atoms with Gasteiger partial charge in [0.1, 0.15) is 5.38 Å². The predicted molar refractivity (Wildman–Crippen MR) is 39.8 cm³/mol. The summed E-state index contributed by atoms with van der Waals surface area (Å²) in [7, 11) is 0. The Morgan fingerprint density at radius 3 is 2.82 bits per heavy atom. The smallest absolute Gasteiger partial charge is 0.240 e. The van der Waals surface area contributed by atoms with E-state index in [1.807, 2.05) is 0 Å². The molecule has 1 unspecified atom stereocenters. The number of carbonyl (C=O) groups is 1. The number of hydrogen-bond donors (Lipinski definition) is 1. The van der Waals surface area contributed by atoms with Crippen LogP contribution in [0, 0.1) is 0 Å². The quantitative estimate of drug-likeness (QED) is 0.649. The molecule has 2 N–H and O–H groups in total. The van der Waals surface area contributed by atoms with Crippen LogP contribution >= 0.6 is 11.6 Å². The largest absolute Gasteiger partial charge is 0.368 e. The van der Waals surface area contributed by atoms with Crippen LogP contribution in [0.15, 0.2) is 18.5 Å². The zero-order valence-corrected chi connectivity index (χ0v) is 6.32. The number of halogens is 1. The minimum absolute atomic E-state index is 0.564. The molecule has 1 aromatic rings. The molecule has 0 aliphatic rings. The molecule has 0 aliphatic carbocycles. The van der Waals surface area contributed by atoms with E-state index in [0.29, 0.717) is 5.56 Å². The second-order valence-corrected chi connectivity index (χ2v) is 2.38. The minimum Gasteiger partial charge on any atom is -0.368 e. The van der Waals surface area contributed by atoms with Gasteiger partial charge in [0.2, 0.25) is 5.91 Å². The lowest BCUT2D eigenvalue weighted by atomic mass is 10.2. The topological polar surface area (TPSA) is 68.9 Å². The first-order valence-corrected chi connectivity index (χ1v) is 3.35. The van der Waals surface area contributed by atoms with E-state index in [1.54, 1.807) is 6.07 Å². The maximum atomic E-state index is 10.5. The van der Waals surface area contributed by atoms with Crippen molar-refractivity contribution in [1.82, 2.24) is 10.2 Å². The van der Waals surface area contributed by atoms with Gasteiger partial charge in [-0.2, -0.15) is 10.2 Å². The third-order valence-electron chi connectivity index (χ3n) is 1.15. The average Bonchev–Trinajstić information content (AvgIpc) is 2.05. The fraction of sp³-hybridized carbons (Fsp3) is 0.167. The summed E-state index contributed by atoms with van der Waals surface area (Å²) in [4.78, 5) is 10.5. The summed E-state index contributed by atoms with van der Waals surface area (Å²) in [6.07, 6.45) is 2.86. The highest BCUT2D eigenvalue weighted by Crippen LogP contribution is 2.17. The molecule has 1 amide bonds. The summed E-state index contributed by atoms with van der Waals surface area (Å²) in [5, 5.41) is 6.26. The Labute approximate surface area is 68.4 Å². The Balaban J connectivity index is 2.85.